The minimum absolute atomic E-state index is 0.506. The molecule has 18 heavy (non-hydrogen) atoms. The number of halogens is 1. The summed E-state index contributed by atoms with van der Waals surface area (Å²) < 4.78 is 1.86. The van der Waals surface area contributed by atoms with Crippen LogP contribution in [0.3, 0.4) is 0 Å². The Balaban J connectivity index is 2.38. The molecule has 0 fully saturated rings. The van der Waals surface area contributed by atoms with Crippen LogP contribution in [0.15, 0.2) is 36.5 Å². The van der Waals surface area contributed by atoms with Gasteiger partial charge in [0.1, 0.15) is 5.15 Å². The summed E-state index contributed by atoms with van der Waals surface area (Å²) in [5, 5.41) is 5.88. The second-order valence-electron chi connectivity index (χ2n) is 4.28. The molecule has 3 nitrogen and oxygen atoms in total. The first-order valence-corrected chi connectivity index (χ1v) is 6.09. The summed E-state index contributed by atoms with van der Waals surface area (Å²) in [5.74, 6) is 0. The van der Waals surface area contributed by atoms with Gasteiger partial charge in [0.2, 0.25) is 0 Å². The Morgan fingerprint density at radius 1 is 1.17 bits per heavy atom. The fraction of sp³-hybridized carbons (Fsp3) is 0.143. The van der Waals surface area contributed by atoms with E-state index in [1.165, 1.54) is 0 Å². The molecule has 0 unspecified atom stereocenters. The second kappa shape index (κ2) is 4.10. The maximum absolute atomic E-state index is 6.09. The van der Waals surface area contributed by atoms with E-state index in [0.717, 1.165) is 27.7 Å². The summed E-state index contributed by atoms with van der Waals surface area (Å²) in [6.07, 6.45) is 1.87. The number of rotatable bonds is 1. The molecule has 2 heterocycles. The third-order valence-electron chi connectivity index (χ3n) is 3.21. The number of para-hydroxylation sites is 1. The minimum Gasteiger partial charge on any atom is -0.272 e. The monoisotopic (exact) mass is 257 g/mol. The van der Waals surface area contributed by atoms with E-state index >= 15 is 0 Å². The van der Waals surface area contributed by atoms with Gasteiger partial charge in [-0.25, -0.2) is 4.98 Å². The van der Waals surface area contributed by atoms with Crippen molar-refractivity contribution in [1.82, 2.24) is 14.8 Å². The SMILES string of the molecule is Cc1c(-c2cc(Cl)nc3ccccc23)cnn1C. The number of benzene rings is 1. The molecule has 4 heteroatoms. The van der Waals surface area contributed by atoms with Crippen LogP contribution in [0.25, 0.3) is 22.0 Å². The summed E-state index contributed by atoms with van der Waals surface area (Å²) in [7, 11) is 1.93. The molecule has 0 aliphatic carbocycles. The lowest BCUT2D eigenvalue weighted by Crippen LogP contribution is -1.93. The number of nitrogens with zero attached hydrogens (tertiary/aromatic N) is 3. The number of hydrogen-bond acceptors (Lipinski definition) is 2. The second-order valence-corrected chi connectivity index (χ2v) is 4.66. The van der Waals surface area contributed by atoms with Crippen LogP contribution < -0.4 is 0 Å². The molecular weight excluding hydrogens is 246 g/mol. The minimum atomic E-state index is 0.506. The van der Waals surface area contributed by atoms with E-state index in [2.05, 4.69) is 16.1 Å². The van der Waals surface area contributed by atoms with Crippen molar-refractivity contribution >= 4 is 22.5 Å². The maximum Gasteiger partial charge on any atom is 0.130 e. The van der Waals surface area contributed by atoms with Gasteiger partial charge in [-0.2, -0.15) is 5.10 Å². The molecule has 0 radical (unpaired) electrons. The number of aromatic nitrogens is 3. The van der Waals surface area contributed by atoms with Crippen LogP contribution >= 0.6 is 11.6 Å². The Kier molecular flexibility index (Phi) is 2.56. The van der Waals surface area contributed by atoms with Crippen molar-refractivity contribution in [1.29, 1.82) is 0 Å². The third-order valence-corrected chi connectivity index (χ3v) is 3.40. The molecule has 0 aliphatic heterocycles. The van der Waals surface area contributed by atoms with Crippen LogP contribution in [-0.2, 0) is 7.05 Å². The van der Waals surface area contributed by atoms with Gasteiger partial charge in [-0.3, -0.25) is 4.68 Å². The lowest BCUT2D eigenvalue weighted by molar-refractivity contribution is 0.740. The zero-order valence-electron chi connectivity index (χ0n) is 10.2. The Bertz CT molecular complexity index is 731. The van der Waals surface area contributed by atoms with E-state index in [1.54, 1.807) is 0 Å². The molecule has 0 bridgehead atoms. The van der Waals surface area contributed by atoms with Crippen LogP contribution in [0.2, 0.25) is 5.15 Å². The molecule has 0 aliphatic rings. The molecule has 0 saturated heterocycles. The highest BCUT2D eigenvalue weighted by molar-refractivity contribution is 6.30. The summed E-state index contributed by atoms with van der Waals surface area (Å²) in [5.41, 5.74) is 4.19. The highest BCUT2D eigenvalue weighted by atomic mass is 35.5. The topological polar surface area (TPSA) is 30.7 Å². The van der Waals surface area contributed by atoms with Crippen LogP contribution in [-0.4, -0.2) is 14.8 Å². The highest BCUT2D eigenvalue weighted by Crippen LogP contribution is 2.31. The Hall–Kier alpha value is -1.87. The molecule has 90 valence electrons. The van der Waals surface area contributed by atoms with E-state index in [9.17, 15) is 0 Å². The van der Waals surface area contributed by atoms with Gasteiger partial charge in [0.25, 0.3) is 0 Å². The van der Waals surface area contributed by atoms with Gasteiger partial charge in [0.15, 0.2) is 0 Å². The van der Waals surface area contributed by atoms with Gasteiger partial charge in [-0.05, 0) is 24.6 Å². The third kappa shape index (κ3) is 1.68. The van der Waals surface area contributed by atoms with E-state index in [4.69, 9.17) is 11.6 Å². The quantitative estimate of drug-likeness (QED) is 0.624. The zero-order chi connectivity index (χ0) is 12.7. The lowest BCUT2D eigenvalue weighted by atomic mass is 10.0. The van der Waals surface area contributed by atoms with Gasteiger partial charge in [0, 0.05) is 23.7 Å². The number of fused-ring (bicyclic) bond motifs is 1. The van der Waals surface area contributed by atoms with Crippen molar-refractivity contribution in [3.63, 3.8) is 0 Å². The lowest BCUT2D eigenvalue weighted by Gasteiger charge is -2.06. The summed E-state index contributed by atoms with van der Waals surface area (Å²) in [4.78, 5) is 4.34. The van der Waals surface area contributed by atoms with Crippen molar-refractivity contribution < 1.29 is 0 Å². The van der Waals surface area contributed by atoms with Crippen molar-refractivity contribution in [3.05, 3.63) is 47.4 Å². The predicted octanol–water partition coefficient (Wildman–Crippen LogP) is 3.60. The van der Waals surface area contributed by atoms with E-state index in [1.807, 2.05) is 49.1 Å². The van der Waals surface area contributed by atoms with E-state index in [0.29, 0.717) is 5.15 Å². The molecule has 0 amide bonds. The molecule has 0 N–H and O–H groups in total. The van der Waals surface area contributed by atoms with Gasteiger partial charge in [-0.15, -0.1) is 0 Å². The summed E-state index contributed by atoms with van der Waals surface area (Å²) in [6.45, 7) is 2.05. The van der Waals surface area contributed by atoms with E-state index < -0.39 is 0 Å². The van der Waals surface area contributed by atoms with Gasteiger partial charge >= 0.3 is 0 Å². The first kappa shape index (κ1) is 11.2. The average Bonchev–Trinajstić information content (AvgIpc) is 2.69. The van der Waals surface area contributed by atoms with Crippen LogP contribution in [0, 0.1) is 6.92 Å². The first-order chi connectivity index (χ1) is 8.66. The molecule has 2 aromatic heterocycles. The van der Waals surface area contributed by atoms with Crippen molar-refractivity contribution in [2.45, 2.75) is 6.92 Å². The molecule has 1 aromatic carbocycles. The van der Waals surface area contributed by atoms with Gasteiger partial charge in [0.05, 0.1) is 11.7 Å². The Morgan fingerprint density at radius 2 is 1.94 bits per heavy atom. The van der Waals surface area contributed by atoms with Gasteiger partial charge < -0.3 is 0 Å². The average molecular weight is 258 g/mol. The molecule has 0 atom stereocenters. The molecule has 0 spiro atoms. The summed E-state index contributed by atoms with van der Waals surface area (Å²) in [6, 6.07) is 9.89. The fourth-order valence-corrected chi connectivity index (χ4v) is 2.33. The van der Waals surface area contributed by atoms with Crippen molar-refractivity contribution in [2.24, 2.45) is 7.05 Å². The Morgan fingerprint density at radius 3 is 2.67 bits per heavy atom. The maximum atomic E-state index is 6.09. The fourth-order valence-electron chi connectivity index (χ4n) is 2.13. The van der Waals surface area contributed by atoms with Crippen molar-refractivity contribution in [2.75, 3.05) is 0 Å². The number of aryl methyl sites for hydroxylation is 1. The molecule has 3 aromatic rings. The molecular formula is C14H12ClN3. The summed E-state index contributed by atoms with van der Waals surface area (Å²) >= 11 is 6.09. The largest absolute Gasteiger partial charge is 0.272 e. The van der Waals surface area contributed by atoms with Crippen LogP contribution in [0.4, 0.5) is 0 Å². The number of hydrogen-bond donors (Lipinski definition) is 0. The van der Waals surface area contributed by atoms with Gasteiger partial charge in [-0.1, -0.05) is 29.8 Å². The molecule has 3 rings (SSSR count). The first-order valence-electron chi connectivity index (χ1n) is 5.71. The Labute approximate surface area is 110 Å². The van der Waals surface area contributed by atoms with Crippen LogP contribution in [0.5, 0.6) is 0 Å². The smallest absolute Gasteiger partial charge is 0.130 e. The zero-order valence-corrected chi connectivity index (χ0v) is 10.9. The predicted molar refractivity (Wildman–Crippen MR) is 73.7 cm³/mol. The number of pyridine rings is 1. The van der Waals surface area contributed by atoms with E-state index in [-0.39, 0.29) is 0 Å². The van der Waals surface area contributed by atoms with Crippen LogP contribution in [0.1, 0.15) is 5.69 Å². The standard InChI is InChI=1S/C14H12ClN3/c1-9-12(8-16-18(9)2)11-7-14(15)17-13-6-4-3-5-10(11)13/h3-8H,1-2H3. The molecule has 0 saturated carbocycles. The normalized spacial score (nSPS) is 11.1. The van der Waals surface area contributed by atoms with Crippen molar-refractivity contribution in [3.8, 4) is 11.1 Å². The highest BCUT2D eigenvalue weighted by Gasteiger charge is 2.11.